The lowest BCUT2D eigenvalue weighted by Crippen LogP contribution is -2.62. The van der Waals surface area contributed by atoms with Gasteiger partial charge in [-0.2, -0.15) is 0 Å². The lowest BCUT2D eigenvalue weighted by atomic mass is 9.90. The summed E-state index contributed by atoms with van der Waals surface area (Å²) in [7, 11) is 2.51. The molecule has 1 aliphatic heterocycles. The highest BCUT2D eigenvalue weighted by molar-refractivity contribution is 6.04. The van der Waals surface area contributed by atoms with E-state index in [2.05, 4.69) is 25.3 Å². The van der Waals surface area contributed by atoms with Crippen molar-refractivity contribution in [3.63, 3.8) is 0 Å². The minimum absolute atomic E-state index is 0.0693. The fourth-order valence-corrected chi connectivity index (χ4v) is 4.55. The number of nitrogens with two attached hydrogens (primary N) is 1. The molecule has 2 amide bonds. The van der Waals surface area contributed by atoms with Crippen LogP contribution in [0.5, 0.6) is 5.75 Å². The van der Waals surface area contributed by atoms with E-state index in [0.29, 0.717) is 24.5 Å². The zero-order chi connectivity index (χ0) is 28.3. The molecule has 0 unspecified atom stereocenters. The Labute approximate surface area is 222 Å². The molecule has 2 aromatic heterocycles. The topological polar surface area (TPSA) is 132 Å². The van der Waals surface area contributed by atoms with Crippen LogP contribution in [0.3, 0.4) is 0 Å². The van der Waals surface area contributed by atoms with Gasteiger partial charge < -0.3 is 30.7 Å². The second kappa shape index (κ2) is 11.6. The molecule has 1 aromatic carbocycles. The number of halogens is 3. The van der Waals surface area contributed by atoms with E-state index in [1.807, 2.05) is 11.8 Å². The normalized spacial score (nSPS) is 18.8. The summed E-state index contributed by atoms with van der Waals surface area (Å²) in [5.41, 5.74) is 5.60. The van der Waals surface area contributed by atoms with Crippen molar-refractivity contribution in [2.75, 3.05) is 37.5 Å². The van der Waals surface area contributed by atoms with Crippen molar-refractivity contribution >= 4 is 23.4 Å². The number of nitrogens with zero attached hydrogens (tertiary/aromatic N) is 3. The highest BCUT2D eigenvalue weighted by Gasteiger charge is 2.34. The molecule has 10 nitrogen and oxygen atoms in total. The Kier molecular flexibility index (Phi) is 8.19. The molecule has 3 heterocycles. The van der Waals surface area contributed by atoms with Gasteiger partial charge in [-0.1, -0.05) is 6.92 Å². The number of hydrogen-bond acceptors (Lipinski definition) is 8. The molecule has 0 bridgehead atoms. The van der Waals surface area contributed by atoms with Gasteiger partial charge in [0, 0.05) is 37.5 Å². The smallest absolute Gasteiger partial charge is 0.407 e. The van der Waals surface area contributed by atoms with E-state index in [-0.39, 0.29) is 23.4 Å². The van der Waals surface area contributed by atoms with Gasteiger partial charge in [-0.15, -0.1) is 0 Å². The van der Waals surface area contributed by atoms with E-state index < -0.39 is 46.8 Å². The number of piperidine rings is 1. The van der Waals surface area contributed by atoms with Crippen LogP contribution < -0.4 is 26.0 Å². The van der Waals surface area contributed by atoms with Gasteiger partial charge in [0.1, 0.15) is 34.6 Å². The number of anilines is 2. The zero-order valence-electron chi connectivity index (χ0n) is 21.4. The number of alkyl carbamates (subject to hydrolysis) is 1. The third kappa shape index (κ3) is 5.87. The van der Waals surface area contributed by atoms with Crippen LogP contribution in [0.2, 0.25) is 0 Å². The highest BCUT2D eigenvalue weighted by atomic mass is 19.1. The minimum atomic E-state index is -1.10. The quantitative estimate of drug-likeness (QED) is 0.431. The van der Waals surface area contributed by atoms with E-state index >= 15 is 0 Å². The first kappa shape index (κ1) is 27.6. The molecule has 1 fully saturated rings. The average Bonchev–Trinajstić information content (AvgIpc) is 2.91. The Morgan fingerprint density at radius 3 is 2.44 bits per heavy atom. The molecule has 1 aliphatic rings. The van der Waals surface area contributed by atoms with E-state index in [1.54, 1.807) is 12.3 Å². The number of ether oxygens (including phenoxy) is 2. The summed E-state index contributed by atoms with van der Waals surface area (Å²) < 4.78 is 53.3. The van der Waals surface area contributed by atoms with Gasteiger partial charge in [0.25, 0.3) is 5.91 Å². The van der Waals surface area contributed by atoms with Gasteiger partial charge in [0.15, 0.2) is 0 Å². The molecule has 0 aliphatic carbocycles. The van der Waals surface area contributed by atoms with Crippen LogP contribution in [-0.2, 0) is 4.74 Å². The van der Waals surface area contributed by atoms with Crippen molar-refractivity contribution in [2.45, 2.75) is 19.0 Å². The summed E-state index contributed by atoms with van der Waals surface area (Å²) in [6.45, 7) is 2.76. The first-order valence-electron chi connectivity index (χ1n) is 11.9. The SMILES string of the molecule is COC(=O)N[C@@H]1[C@H](N)CN(c2ccncc2NC(=O)c2ccc(F)c(-c3c(F)cc(OC)cc3F)n2)C[C@@H]1C. The number of carbonyl (C=O) groups excluding carboxylic acids is 2. The molecule has 0 radical (unpaired) electrons. The summed E-state index contributed by atoms with van der Waals surface area (Å²) >= 11 is 0. The molecule has 3 atom stereocenters. The second-order valence-electron chi connectivity index (χ2n) is 9.05. The first-order chi connectivity index (χ1) is 18.6. The van der Waals surface area contributed by atoms with Gasteiger partial charge in [-0.3, -0.25) is 9.78 Å². The lowest BCUT2D eigenvalue weighted by Gasteiger charge is -2.42. The predicted octanol–water partition coefficient (Wildman–Crippen LogP) is 3.33. The molecular formula is C26H27F3N6O4. The van der Waals surface area contributed by atoms with Crippen LogP contribution >= 0.6 is 0 Å². The van der Waals surface area contributed by atoms with Crippen LogP contribution in [0.4, 0.5) is 29.3 Å². The van der Waals surface area contributed by atoms with Crippen LogP contribution in [0.15, 0.2) is 42.7 Å². The number of methoxy groups -OCH3 is 2. The van der Waals surface area contributed by atoms with E-state index in [1.165, 1.54) is 20.4 Å². The van der Waals surface area contributed by atoms with Gasteiger partial charge >= 0.3 is 6.09 Å². The summed E-state index contributed by atoms with van der Waals surface area (Å²) in [6.07, 6.45) is 2.40. The molecule has 1 saturated heterocycles. The highest BCUT2D eigenvalue weighted by Crippen LogP contribution is 2.32. The summed E-state index contributed by atoms with van der Waals surface area (Å²) in [4.78, 5) is 34.7. The van der Waals surface area contributed by atoms with Crippen molar-refractivity contribution in [3.05, 3.63) is 65.9 Å². The number of nitrogens with one attached hydrogen (secondary N) is 2. The van der Waals surface area contributed by atoms with E-state index in [4.69, 9.17) is 10.5 Å². The lowest BCUT2D eigenvalue weighted by molar-refractivity contribution is 0.102. The van der Waals surface area contributed by atoms with E-state index in [9.17, 15) is 22.8 Å². The number of carbonyl (C=O) groups is 2. The summed E-state index contributed by atoms with van der Waals surface area (Å²) in [5.74, 6) is -4.12. The number of rotatable bonds is 6. The molecule has 4 rings (SSSR count). The monoisotopic (exact) mass is 544 g/mol. The molecule has 206 valence electrons. The van der Waals surface area contributed by atoms with E-state index in [0.717, 1.165) is 24.3 Å². The van der Waals surface area contributed by atoms with Crippen molar-refractivity contribution in [2.24, 2.45) is 11.7 Å². The Hall–Kier alpha value is -4.39. The molecule has 3 aromatic rings. The fourth-order valence-electron chi connectivity index (χ4n) is 4.55. The van der Waals surface area contributed by atoms with Gasteiger partial charge in [0.05, 0.1) is 43.4 Å². The van der Waals surface area contributed by atoms with Gasteiger partial charge in [0.2, 0.25) is 0 Å². The third-order valence-corrected chi connectivity index (χ3v) is 6.44. The number of hydrogen-bond donors (Lipinski definition) is 3. The maximum absolute atomic E-state index is 14.6. The third-order valence-electron chi connectivity index (χ3n) is 6.44. The van der Waals surface area contributed by atoms with Crippen molar-refractivity contribution in [1.82, 2.24) is 15.3 Å². The number of aromatic nitrogens is 2. The zero-order valence-corrected chi connectivity index (χ0v) is 21.4. The number of benzene rings is 1. The number of pyridine rings is 2. The van der Waals surface area contributed by atoms with Crippen LogP contribution in [0.1, 0.15) is 17.4 Å². The van der Waals surface area contributed by atoms with Crippen molar-refractivity contribution in [3.8, 4) is 17.0 Å². The predicted molar refractivity (Wildman–Crippen MR) is 137 cm³/mol. The first-order valence-corrected chi connectivity index (χ1v) is 11.9. The molecule has 0 saturated carbocycles. The van der Waals surface area contributed by atoms with Crippen LogP contribution in [0, 0.1) is 23.4 Å². The molecule has 13 heteroatoms. The standard InChI is InChI=1S/C26H27F3N6O4/c1-13-11-35(12-18(30)23(13)34-26(37)39-3)21-6-7-31-10-20(21)33-25(36)19-5-4-15(27)24(32-19)22-16(28)8-14(38-2)9-17(22)29/h4-10,13,18,23H,11-12,30H2,1-3H3,(H,33,36)(H,34,37)/t13-,18+,23-/m0/s1. The molecule has 0 spiro atoms. The summed E-state index contributed by atoms with van der Waals surface area (Å²) in [6, 6.07) is 4.72. The maximum atomic E-state index is 14.6. The molecular weight excluding hydrogens is 517 g/mol. The van der Waals surface area contributed by atoms with Gasteiger partial charge in [-0.05, 0) is 24.1 Å². The number of amides is 2. The Balaban J connectivity index is 1.58. The average molecular weight is 545 g/mol. The molecule has 4 N–H and O–H groups in total. The largest absolute Gasteiger partial charge is 0.497 e. The Morgan fingerprint density at radius 1 is 1.08 bits per heavy atom. The Bertz CT molecular complexity index is 1360. The minimum Gasteiger partial charge on any atom is -0.497 e. The van der Waals surface area contributed by atoms with Crippen molar-refractivity contribution in [1.29, 1.82) is 0 Å². The van der Waals surface area contributed by atoms with Crippen LogP contribution in [0.25, 0.3) is 11.3 Å². The molecule has 39 heavy (non-hydrogen) atoms. The van der Waals surface area contributed by atoms with Crippen molar-refractivity contribution < 1.29 is 32.2 Å². The van der Waals surface area contributed by atoms with Gasteiger partial charge in [-0.25, -0.2) is 22.9 Å². The Morgan fingerprint density at radius 2 is 1.79 bits per heavy atom. The maximum Gasteiger partial charge on any atom is 0.407 e. The summed E-state index contributed by atoms with van der Waals surface area (Å²) in [5, 5.41) is 5.44. The van der Waals surface area contributed by atoms with Crippen LogP contribution in [-0.4, -0.2) is 61.4 Å². The fraction of sp³-hybridized carbons (Fsp3) is 0.308. The second-order valence-corrected chi connectivity index (χ2v) is 9.05.